The maximum atomic E-state index is 12.7. The standard InChI is InChI=1S/C17H27NO2S/c1-3-11-18-17(15-8-5-4-6-9-15)14(2)21(19)13-16-10-7-12-20-16/h4-6,8-9,14,16-18H,3,7,10-13H2,1-2H3. The van der Waals surface area contributed by atoms with Crippen molar-refractivity contribution in [3.05, 3.63) is 35.9 Å². The van der Waals surface area contributed by atoms with E-state index in [1.165, 1.54) is 5.56 Å². The average Bonchev–Trinajstić information content (AvgIpc) is 3.01. The summed E-state index contributed by atoms with van der Waals surface area (Å²) in [7, 11) is -0.876. The van der Waals surface area contributed by atoms with Crippen molar-refractivity contribution in [3.63, 3.8) is 0 Å². The summed E-state index contributed by atoms with van der Waals surface area (Å²) in [4.78, 5) is 0. The Balaban J connectivity index is 2.02. The highest BCUT2D eigenvalue weighted by atomic mass is 32.2. The van der Waals surface area contributed by atoms with Crippen molar-refractivity contribution in [1.29, 1.82) is 0 Å². The monoisotopic (exact) mass is 309 g/mol. The van der Waals surface area contributed by atoms with E-state index in [9.17, 15) is 4.21 Å². The molecule has 0 saturated carbocycles. The van der Waals surface area contributed by atoms with Crippen LogP contribution in [0.15, 0.2) is 30.3 Å². The molecule has 1 heterocycles. The SMILES string of the molecule is CCCNC(c1ccccc1)C(C)S(=O)CC1CCCO1. The van der Waals surface area contributed by atoms with Crippen LogP contribution in [-0.4, -0.2) is 34.5 Å². The molecule has 1 saturated heterocycles. The molecule has 0 spiro atoms. The van der Waals surface area contributed by atoms with Crippen LogP contribution in [0.5, 0.6) is 0 Å². The van der Waals surface area contributed by atoms with E-state index in [2.05, 4.69) is 31.3 Å². The molecular weight excluding hydrogens is 282 g/mol. The highest BCUT2D eigenvalue weighted by Crippen LogP contribution is 2.23. The third-order valence-corrected chi connectivity index (χ3v) is 5.83. The molecule has 21 heavy (non-hydrogen) atoms. The van der Waals surface area contributed by atoms with Crippen LogP contribution in [0, 0.1) is 0 Å². The molecule has 0 radical (unpaired) electrons. The van der Waals surface area contributed by atoms with Crippen molar-refractivity contribution in [2.75, 3.05) is 18.9 Å². The average molecular weight is 309 g/mol. The zero-order chi connectivity index (χ0) is 15.1. The summed E-state index contributed by atoms with van der Waals surface area (Å²) in [5, 5.41) is 3.64. The van der Waals surface area contributed by atoms with Crippen LogP contribution in [0.3, 0.4) is 0 Å². The quantitative estimate of drug-likeness (QED) is 0.802. The first-order chi connectivity index (χ1) is 10.2. The second-order valence-electron chi connectivity index (χ2n) is 5.73. The number of nitrogens with one attached hydrogen (secondary N) is 1. The molecule has 1 fully saturated rings. The number of ether oxygens (including phenoxy) is 1. The summed E-state index contributed by atoms with van der Waals surface area (Å²) in [6, 6.07) is 10.5. The largest absolute Gasteiger partial charge is 0.377 e. The molecule has 1 aromatic rings. The van der Waals surface area contributed by atoms with Crippen molar-refractivity contribution in [3.8, 4) is 0 Å². The van der Waals surface area contributed by atoms with Gasteiger partial charge in [-0.1, -0.05) is 37.3 Å². The highest BCUT2D eigenvalue weighted by molar-refractivity contribution is 7.85. The first-order valence-electron chi connectivity index (χ1n) is 7.99. The fourth-order valence-corrected chi connectivity index (χ4v) is 4.27. The van der Waals surface area contributed by atoms with Crippen LogP contribution in [-0.2, 0) is 15.5 Å². The minimum Gasteiger partial charge on any atom is -0.377 e. The fraction of sp³-hybridized carbons (Fsp3) is 0.647. The summed E-state index contributed by atoms with van der Waals surface area (Å²) < 4.78 is 18.3. The van der Waals surface area contributed by atoms with Crippen LogP contribution < -0.4 is 5.32 Å². The predicted octanol–water partition coefficient (Wildman–Crippen LogP) is 3.04. The van der Waals surface area contributed by atoms with Crippen molar-refractivity contribution >= 4 is 10.8 Å². The van der Waals surface area contributed by atoms with Crippen LogP contribution in [0.25, 0.3) is 0 Å². The third-order valence-electron chi connectivity index (χ3n) is 4.03. The van der Waals surface area contributed by atoms with Crippen molar-refractivity contribution in [1.82, 2.24) is 5.32 Å². The molecule has 1 aromatic carbocycles. The maximum absolute atomic E-state index is 12.7. The van der Waals surface area contributed by atoms with Gasteiger partial charge >= 0.3 is 0 Å². The van der Waals surface area contributed by atoms with Crippen LogP contribution >= 0.6 is 0 Å². The van der Waals surface area contributed by atoms with E-state index in [1.807, 2.05) is 18.2 Å². The molecule has 4 unspecified atom stereocenters. The summed E-state index contributed by atoms with van der Waals surface area (Å²) in [5.41, 5.74) is 1.22. The minimum atomic E-state index is -0.876. The van der Waals surface area contributed by atoms with Gasteiger partial charge in [0.25, 0.3) is 0 Å². The molecule has 1 aliphatic heterocycles. The molecule has 0 aliphatic carbocycles. The molecule has 3 nitrogen and oxygen atoms in total. The van der Waals surface area contributed by atoms with Gasteiger partial charge in [-0.3, -0.25) is 4.21 Å². The Morgan fingerprint density at radius 2 is 2.14 bits per heavy atom. The topological polar surface area (TPSA) is 38.3 Å². The Morgan fingerprint density at radius 3 is 2.76 bits per heavy atom. The molecule has 1 N–H and O–H groups in total. The molecular formula is C17H27NO2S. The predicted molar refractivity (Wildman–Crippen MR) is 88.9 cm³/mol. The Kier molecular flexibility index (Phi) is 6.87. The van der Waals surface area contributed by atoms with E-state index in [1.54, 1.807) is 0 Å². The molecule has 4 atom stereocenters. The van der Waals surface area contributed by atoms with E-state index in [4.69, 9.17) is 4.74 Å². The normalized spacial score (nSPS) is 22.9. The molecule has 0 aromatic heterocycles. The van der Waals surface area contributed by atoms with Crippen molar-refractivity contribution in [2.24, 2.45) is 0 Å². The van der Waals surface area contributed by atoms with E-state index in [0.717, 1.165) is 32.4 Å². The first-order valence-corrected chi connectivity index (χ1v) is 9.37. The number of benzene rings is 1. The summed E-state index contributed by atoms with van der Waals surface area (Å²) in [6.45, 7) is 6.02. The lowest BCUT2D eigenvalue weighted by Gasteiger charge is -2.26. The van der Waals surface area contributed by atoms with E-state index < -0.39 is 10.8 Å². The van der Waals surface area contributed by atoms with Gasteiger partial charge in [-0.2, -0.15) is 0 Å². The third kappa shape index (κ3) is 4.90. The summed E-state index contributed by atoms with van der Waals surface area (Å²) in [6.07, 6.45) is 3.42. The highest BCUT2D eigenvalue weighted by Gasteiger charge is 2.27. The number of hydrogen-bond acceptors (Lipinski definition) is 3. The van der Waals surface area contributed by atoms with Gasteiger partial charge < -0.3 is 10.1 Å². The van der Waals surface area contributed by atoms with Gasteiger partial charge in [0.05, 0.1) is 17.1 Å². The minimum absolute atomic E-state index is 0.0862. The second-order valence-corrected chi connectivity index (χ2v) is 7.57. The molecule has 118 valence electrons. The maximum Gasteiger partial charge on any atom is 0.0691 e. The lowest BCUT2D eigenvalue weighted by atomic mass is 10.0. The van der Waals surface area contributed by atoms with Gasteiger partial charge in [-0.05, 0) is 38.3 Å². The number of rotatable bonds is 8. The molecule has 0 bridgehead atoms. The van der Waals surface area contributed by atoms with E-state index in [0.29, 0.717) is 5.75 Å². The fourth-order valence-electron chi connectivity index (χ4n) is 2.78. The van der Waals surface area contributed by atoms with E-state index in [-0.39, 0.29) is 17.4 Å². The Bertz CT molecular complexity index is 432. The van der Waals surface area contributed by atoms with Crippen LogP contribution in [0.2, 0.25) is 0 Å². The van der Waals surface area contributed by atoms with Crippen LogP contribution in [0.1, 0.15) is 44.7 Å². The summed E-state index contributed by atoms with van der Waals surface area (Å²) >= 11 is 0. The molecule has 4 heteroatoms. The van der Waals surface area contributed by atoms with Crippen molar-refractivity contribution in [2.45, 2.75) is 50.5 Å². The zero-order valence-electron chi connectivity index (χ0n) is 13.1. The van der Waals surface area contributed by atoms with Gasteiger partial charge in [0.2, 0.25) is 0 Å². The van der Waals surface area contributed by atoms with E-state index >= 15 is 0 Å². The Hall–Kier alpha value is -0.710. The smallest absolute Gasteiger partial charge is 0.0691 e. The lowest BCUT2D eigenvalue weighted by Crippen LogP contribution is -2.36. The van der Waals surface area contributed by atoms with Gasteiger partial charge in [-0.15, -0.1) is 0 Å². The van der Waals surface area contributed by atoms with Crippen molar-refractivity contribution < 1.29 is 8.95 Å². The molecule has 1 aliphatic rings. The molecule has 2 rings (SSSR count). The van der Waals surface area contributed by atoms with Crippen LogP contribution in [0.4, 0.5) is 0 Å². The Labute approximate surface area is 130 Å². The van der Waals surface area contributed by atoms with Gasteiger partial charge in [0.15, 0.2) is 0 Å². The second kappa shape index (κ2) is 8.66. The van der Waals surface area contributed by atoms with Gasteiger partial charge in [-0.25, -0.2) is 0 Å². The zero-order valence-corrected chi connectivity index (χ0v) is 13.9. The van der Waals surface area contributed by atoms with Gasteiger partial charge in [0.1, 0.15) is 0 Å². The summed E-state index contributed by atoms with van der Waals surface area (Å²) in [5.74, 6) is 0.665. The number of hydrogen-bond donors (Lipinski definition) is 1. The first kappa shape index (κ1) is 16.7. The lowest BCUT2D eigenvalue weighted by molar-refractivity contribution is 0.128. The molecule has 0 amide bonds. The Morgan fingerprint density at radius 1 is 1.38 bits per heavy atom. The van der Waals surface area contributed by atoms with Gasteiger partial charge in [0, 0.05) is 23.4 Å².